The summed E-state index contributed by atoms with van der Waals surface area (Å²) in [5, 5.41) is 4.97. The maximum Gasteiger partial charge on any atom is 0.0541 e. The first-order valence-electron chi connectivity index (χ1n) is 22.7. The van der Waals surface area contributed by atoms with Crippen molar-refractivity contribution >= 4 is 49.6 Å². The van der Waals surface area contributed by atoms with Crippen LogP contribution in [0, 0.1) is 0 Å². The van der Waals surface area contributed by atoms with Crippen molar-refractivity contribution in [1.82, 2.24) is 4.57 Å². The summed E-state index contributed by atoms with van der Waals surface area (Å²) in [6.07, 6.45) is 0. The molecule has 0 amide bonds. The summed E-state index contributed by atoms with van der Waals surface area (Å²) in [4.78, 5) is 2.42. The van der Waals surface area contributed by atoms with Crippen molar-refractivity contribution in [2.75, 3.05) is 4.90 Å². The Morgan fingerprint density at radius 3 is 1.42 bits per heavy atom. The fourth-order valence-corrected chi connectivity index (χ4v) is 9.85. The van der Waals surface area contributed by atoms with E-state index in [0.717, 1.165) is 28.3 Å². The van der Waals surface area contributed by atoms with Crippen LogP contribution in [0.5, 0.6) is 0 Å². The summed E-state index contributed by atoms with van der Waals surface area (Å²) in [7, 11) is 0. The lowest BCUT2D eigenvalue weighted by Crippen LogP contribution is -2.11. The van der Waals surface area contributed by atoms with Gasteiger partial charge < -0.3 is 9.47 Å². The second-order valence-corrected chi connectivity index (χ2v) is 16.9. The average Bonchev–Trinajstić information content (AvgIpc) is 3.73. The molecule has 2 heteroatoms. The zero-order valence-electron chi connectivity index (χ0n) is 36.3. The first kappa shape index (κ1) is 38.9. The zero-order valence-corrected chi connectivity index (χ0v) is 36.3. The quantitative estimate of drug-likeness (QED) is 0.141. The normalized spacial score (nSPS) is 11.3. The van der Waals surface area contributed by atoms with Crippen LogP contribution in [-0.2, 0) is 0 Å². The van der Waals surface area contributed by atoms with Crippen LogP contribution < -0.4 is 4.90 Å². The van der Waals surface area contributed by atoms with Crippen LogP contribution in [0.3, 0.4) is 0 Å². The van der Waals surface area contributed by atoms with Crippen LogP contribution in [0.1, 0.15) is 0 Å². The zero-order chi connectivity index (χ0) is 43.8. The Labute approximate surface area is 385 Å². The van der Waals surface area contributed by atoms with Gasteiger partial charge in [0, 0.05) is 33.4 Å². The minimum atomic E-state index is 1.08. The average molecular weight is 841 g/mol. The van der Waals surface area contributed by atoms with Crippen LogP contribution in [0.2, 0.25) is 0 Å². The van der Waals surface area contributed by atoms with Gasteiger partial charge in [0.1, 0.15) is 0 Å². The van der Waals surface area contributed by atoms with E-state index >= 15 is 0 Å². The molecule has 12 rings (SSSR count). The minimum Gasteiger partial charge on any atom is -0.310 e. The summed E-state index contributed by atoms with van der Waals surface area (Å²) < 4.78 is 2.37. The van der Waals surface area contributed by atoms with Gasteiger partial charge in [-0.05, 0) is 128 Å². The molecular formula is C64H44N2. The van der Waals surface area contributed by atoms with Crippen molar-refractivity contribution in [3.05, 3.63) is 267 Å². The number of benzene rings is 11. The van der Waals surface area contributed by atoms with Crippen LogP contribution in [0.15, 0.2) is 267 Å². The number of aromatic nitrogens is 1. The minimum absolute atomic E-state index is 1.08. The molecule has 0 aliphatic carbocycles. The van der Waals surface area contributed by atoms with Crippen molar-refractivity contribution in [3.63, 3.8) is 0 Å². The molecule has 310 valence electrons. The van der Waals surface area contributed by atoms with Gasteiger partial charge in [-0.1, -0.05) is 200 Å². The van der Waals surface area contributed by atoms with Crippen molar-refractivity contribution < 1.29 is 0 Å². The molecule has 0 fully saturated rings. The highest BCUT2D eigenvalue weighted by Crippen LogP contribution is 2.46. The van der Waals surface area contributed by atoms with Gasteiger partial charge in [-0.3, -0.25) is 0 Å². The number of hydrogen-bond donors (Lipinski definition) is 0. The van der Waals surface area contributed by atoms with Gasteiger partial charge in [-0.2, -0.15) is 0 Å². The molecule has 0 unspecified atom stereocenters. The van der Waals surface area contributed by atoms with Crippen LogP contribution in [0.25, 0.3) is 93.9 Å². The van der Waals surface area contributed by atoms with Crippen LogP contribution in [0.4, 0.5) is 17.1 Å². The van der Waals surface area contributed by atoms with Gasteiger partial charge in [0.25, 0.3) is 0 Å². The molecule has 0 saturated heterocycles. The molecule has 66 heavy (non-hydrogen) atoms. The van der Waals surface area contributed by atoms with E-state index in [0.29, 0.717) is 0 Å². The number of nitrogens with zero attached hydrogens (tertiary/aromatic N) is 2. The molecule has 0 aliphatic rings. The Balaban J connectivity index is 0.985. The van der Waals surface area contributed by atoms with E-state index < -0.39 is 0 Å². The SMILES string of the molecule is c1ccc(-c2ccccc2-c2ccccc2-c2ccccc2N(c2ccc(-c3ccc4ccccc4c3)cc2)c2ccc(-c3ccc4c(c3)c3ccccc3n4-c3ccccc3)cc2)cc1. The second kappa shape index (κ2) is 16.8. The lowest BCUT2D eigenvalue weighted by atomic mass is 9.88. The summed E-state index contributed by atoms with van der Waals surface area (Å²) in [5.41, 5.74) is 18.7. The number of rotatable bonds is 9. The molecule has 0 spiro atoms. The highest BCUT2D eigenvalue weighted by Gasteiger charge is 2.21. The highest BCUT2D eigenvalue weighted by molar-refractivity contribution is 6.10. The summed E-state index contributed by atoms with van der Waals surface area (Å²) in [5.74, 6) is 0. The van der Waals surface area contributed by atoms with E-state index in [1.54, 1.807) is 0 Å². The fourth-order valence-electron chi connectivity index (χ4n) is 9.85. The van der Waals surface area contributed by atoms with E-state index in [-0.39, 0.29) is 0 Å². The Morgan fingerprint density at radius 1 is 0.258 bits per heavy atom. The predicted molar refractivity (Wildman–Crippen MR) is 280 cm³/mol. The first-order chi connectivity index (χ1) is 32.7. The number of para-hydroxylation sites is 3. The number of fused-ring (bicyclic) bond motifs is 4. The molecule has 0 atom stereocenters. The third kappa shape index (κ3) is 7.02. The second-order valence-electron chi connectivity index (χ2n) is 16.9. The Morgan fingerprint density at radius 2 is 0.727 bits per heavy atom. The maximum absolute atomic E-state index is 2.42. The molecule has 12 aromatic rings. The van der Waals surface area contributed by atoms with E-state index in [1.807, 2.05) is 0 Å². The molecule has 2 nitrogen and oxygen atoms in total. The molecule has 1 heterocycles. The highest BCUT2D eigenvalue weighted by atomic mass is 15.1. The largest absolute Gasteiger partial charge is 0.310 e. The predicted octanol–water partition coefficient (Wildman–Crippen LogP) is 17.7. The van der Waals surface area contributed by atoms with Gasteiger partial charge >= 0.3 is 0 Å². The van der Waals surface area contributed by atoms with E-state index in [4.69, 9.17) is 0 Å². The van der Waals surface area contributed by atoms with Crippen LogP contribution >= 0.6 is 0 Å². The molecule has 11 aromatic carbocycles. The summed E-state index contributed by atoms with van der Waals surface area (Å²) >= 11 is 0. The van der Waals surface area contributed by atoms with E-state index in [1.165, 1.54) is 82.6 Å². The molecule has 0 saturated carbocycles. The molecule has 0 N–H and O–H groups in total. The van der Waals surface area contributed by atoms with Crippen molar-refractivity contribution in [3.8, 4) is 61.3 Å². The molecule has 0 aliphatic heterocycles. The number of anilines is 3. The van der Waals surface area contributed by atoms with Gasteiger partial charge in [0.15, 0.2) is 0 Å². The molecule has 0 radical (unpaired) electrons. The topological polar surface area (TPSA) is 8.17 Å². The van der Waals surface area contributed by atoms with Gasteiger partial charge in [0.2, 0.25) is 0 Å². The first-order valence-corrected chi connectivity index (χ1v) is 22.7. The van der Waals surface area contributed by atoms with Crippen LogP contribution in [-0.4, -0.2) is 4.57 Å². The molecule has 1 aromatic heterocycles. The van der Waals surface area contributed by atoms with Gasteiger partial charge in [-0.15, -0.1) is 0 Å². The maximum atomic E-state index is 2.42. The molecule has 0 bridgehead atoms. The Bertz CT molecular complexity index is 3680. The van der Waals surface area contributed by atoms with Crippen molar-refractivity contribution in [1.29, 1.82) is 0 Å². The standard InChI is InChI=1S/C64H44N2/c1-3-18-48(19-4-1)55-23-9-10-24-56(55)57-25-11-12-26-58(57)59-27-13-15-29-62(59)65(53-38-33-46(34-39-53)50-32-31-45-17-7-8-20-49(45)43-50)54-40-35-47(36-41-54)51-37-42-64-61(44-51)60-28-14-16-30-63(60)66(64)52-21-5-2-6-22-52/h1-44H. The molecular weight excluding hydrogens is 797 g/mol. The monoisotopic (exact) mass is 840 g/mol. The fraction of sp³-hybridized carbons (Fsp3) is 0. The summed E-state index contributed by atoms with van der Waals surface area (Å²) in [6, 6.07) is 96.9. The lowest BCUT2D eigenvalue weighted by molar-refractivity contribution is 1.18. The third-order valence-corrected chi connectivity index (χ3v) is 13.0. The summed E-state index contributed by atoms with van der Waals surface area (Å²) in [6.45, 7) is 0. The smallest absolute Gasteiger partial charge is 0.0541 e. The number of hydrogen-bond acceptors (Lipinski definition) is 1. The Hall–Kier alpha value is -8.72. The van der Waals surface area contributed by atoms with Crippen molar-refractivity contribution in [2.24, 2.45) is 0 Å². The van der Waals surface area contributed by atoms with E-state index in [2.05, 4.69) is 276 Å². The third-order valence-electron chi connectivity index (χ3n) is 13.0. The van der Waals surface area contributed by atoms with Gasteiger partial charge in [0.05, 0.1) is 16.7 Å². The lowest BCUT2D eigenvalue weighted by Gasteiger charge is -2.29. The Kier molecular flexibility index (Phi) is 9.89. The van der Waals surface area contributed by atoms with Crippen molar-refractivity contribution in [2.45, 2.75) is 0 Å². The van der Waals surface area contributed by atoms with E-state index in [9.17, 15) is 0 Å². The van der Waals surface area contributed by atoms with Gasteiger partial charge in [-0.25, -0.2) is 0 Å².